The summed E-state index contributed by atoms with van der Waals surface area (Å²) in [5.74, 6) is -2.22. The Morgan fingerprint density at radius 2 is 2.17 bits per heavy atom. The fourth-order valence-corrected chi connectivity index (χ4v) is 2.14. The van der Waals surface area contributed by atoms with Gasteiger partial charge in [0.2, 0.25) is 5.91 Å². The van der Waals surface area contributed by atoms with Crippen LogP contribution in [0.15, 0.2) is 18.2 Å². The van der Waals surface area contributed by atoms with Crippen LogP contribution in [0, 0.1) is 5.82 Å². The maximum atomic E-state index is 13.6. The van der Waals surface area contributed by atoms with Crippen molar-refractivity contribution in [3.8, 4) is 5.75 Å². The van der Waals surface area contributed by atoms with Gasteiger partial charge >= 0.3 is 0 Å². The number of benzene rings is 1. The van der Waals surface area contributed by atoms with Crippen LogP contribution in [0.5, 0.6) is 5.75 Å². The first-order valence-electron chi connectivity index (χ1n) is 5.59. The number of halogens is 1. The second-order valence-corrected chi connectivity index (χ2v) is 4.22. The second-order valence-electron chi connectivity index (χ2n) is 4.22. The standard InChI is InChI=1S/C12H13FN2O3/c13-9-6-7(16)3-4-8(9)12(18)15-5-1-2-10(15)11(14)17/h3-4,6,10,16H,1-2,5H2,(H2,14,17). The average molecular weight is 252 g/mol. The van der Waals surface area contributed by atoms with Gasteiger partial charge in [-0.1, -0.05) is 0 Å². The lowest BCUT2D eigenvalue weighted by Gasteiger charge is -2.22. The summed E-state index contributed by atoms with van der Waals surface area (Å²) in [5.41, 5.74) is 5.03. The summed E-state index contributed by atoms with van der Waals surface area (Å²) in [6, 6.07) is 2.61. The number of carbonyl (C=O) groups is 2. The van der Waals surface area contributed by atoms with Crippen LogP contribution in [-0.4, -0.2) is 34.4 Å². The summed E-state index contributed by atoms with van der Waals surface area (Å²) in [7, 11) is 0. The van der Waals surface area contributed by atoms with Gasteiger partial charge in [-0.05, 0) is 25.0 Å². The van der Waals surface area contributed by atoms with Gasteiger partial charge in [0.05, 0.1) is 5.56 Å². The molecule has 2 amide bonds. The van der Waals surface area contributed by atoms with Gasteiger partial charge in [-0.3, -0.25) is 9.59 Å². The van der Waals surface area contributed by atoms with E-state index in [1.807, 2.05) is 0 Å². The highest BCUT2D eigenvalue weighted by Crippen LogP contribution is 2.22. The summed E-state index contributed by atoms with van der Waals surface area (Å²) in [5, 5.41) is 9.09. The molecule has 3 N–H and O–H groups in total. The molecule has 0 aliphatic carbocycles. The van der Waals surface area contributed by atoms with E-state index in [2.05, 4.69) is 0 Å². The predicted octanol–water partition coefficient (Wildman–Crippen LogP) is 0.621. The van der Waals surface area contributed by atoms with Gasteiger partial charge in [-0.25, -0.2) is 4.39 Å². The van der Waals surface area contributed by atoms with Gasteiger partial charge in [0, 0.05) is 12.6 Å². The smallest absolute Gasteiger partial charge is 0.257 e. The molecule has 18 heavy (non-hydrogen) atoms. The van der Waals surface area contributed by atoms with Crippen molar-refractivity contribution in [3.63, 3.8) is 0 Å². The van der Waals surface area contributed by atoms with Gasteiger partial charge in [-0.2, -0.15) is 0 Å². The Labute approximate surface area is 103 Å². The quantitative estimate of drug-likeness (QED) is 0.809. The molecule has 2 rings (SSSR count). The summed E-state index contributed by atoms with van der Waals surface area (Å²) < 4.78 is 13.6. The molecule has 1 aromatic carbocycles. The SMILES string of the molecule is NC(=O)C1CCCN1C(=O)c1ccc(O)cc1F. The number of aromatic hydroxyl groups is 1. The molecule has 0 saturated carbocycles. The van der Waals surface area contributed by atoms with Crippen LogP contribution >= 0.6 is 0 Å². The molecule has 1 heterocycles. The molecule has 1 unspecified atom stereocenters. The van der Waals surface area contributed by atoms with Gasteiger partial charge in [-0.15, -0.1) is 0 Å². The first kappa shape index (κ1) is 12.3. The third-order valence-electron chi connectivity index (χ3n) is 3.03. The van der Waals surface area contributed by atoms with Crippen molar-refractivity contribution in [3.05, 3.63) is 29.6 Å². The Morgan fingerprint density at radius 1 is 1.44 bits per heavy atom. The number of nitrogens with two attached hydrogens (primary N) is 1. The van der Waals surface area contributed by atoms with Crippen LogP contribution in [0.3, 0.4) is 0 Å². The molecule has 1 atom stereocenters. The molecular formula is C12H13FN2O3. The lowest BCUT2D eigenvalue weighted by atomic mass is 10.1. The highest BCUT2D eigenvalue weighted by Gasteiger charge is 2.34. The number of carbonyl (C=O) groups excluding carboxylic acids is 2. The molecule has 5 nitrogen and oxygen atoms in total. The minimum Gasteiger partial charge on any atom is -0.508 e. The van der Waals surface area contributed by atoms with Crippen molar-refractivity contribution in [2.75, 3.05) is 6.54 Å². The van der Waals surface area contributed by atoms with E-state index < -0.39 is 23.7 Å². The molecule has 1 fully saturated rings. The number of amides is 2. The largest absolute Gasteiger partial charge is 0.508 e. The normalized spacial score (nSPS) is 18.9. The second kappa shape index (κ2) is 4.64. The van der Waals surface area contributed by atoms with E-state index in [0.29, 0.717) is 19.4 Å². The van der Waals surface area contributed by atoms with Crippen molar-refractivity contribution in [2.45, 2.75) is 18.9 Å². The number of hydrogen-bond donors (Lipinski definition) is 2. The third kappa shape index (κ3) is 2.13. The summed E-state index contributed by atoms with van der Waals surface area (Å²) in [6.45, 7) is 0.382. The van der Waals surface area contributed by atoms with E-state index in [9.17, 15) is 14.0 Å². The number of primary amides is 1. The Hall–Kier alpha value is -2.11. The first-order chi connectivity index (χ1) is 8.50. The fourth-order valence-electron chi connectivity index (χ4n) is 2.14. The van der Waals surface area contributed by atoms with E-state index in [1.54, 1.807) is 0 Å². The molecule has 1 aliphatic heterocycles. The maximum absolute atomic E-state index is 13.6. The number of likely N-dealkylation sites (tertiary alicyclic amines) is 1. The van der Waals surface area contributed by atoms with Crippen molar-refractivity contribution >= 4 is 11.8 Å². The zero-order valence-electron chi connectivity index (χ0n) is 9.60. The van der Waals surface area contributed by atoms with Crippen LogP contribution in [0.2, 0.25) is 0 Å². The highest BCUT2D eigenvalue weighted by atomic mass is 19.1. The Kier molecular flexibility index (Phi) is 3.18. The van der Waals surface area contributed by atoms with Crippen molar-refractivity contribution in [2.24, 2.45) is 5.73 Å². The summed E-state index contributed by atoms with van der Waals surface area (Å²) in [6.07, 6.45) is 1.17. The van der Waals surface area contributed by atoms with Gasteiger partial charge in [0.1, 0.15) is 17.6 Å². The molecule has 0 spiro atoms. The predicted molar refractivity (Wildman–Crippen MR) is 61.3 cm³/mol. The molecular weight excluding hydrogens is 239 g/mol. The van der Waals surface area contributed by atoms with Crippen LogP contribution in [0.25, 0.3) is 0 Å². The van der Waals surface area contributed by atoms with Crippen LogP contribution in [0.4, 0.5) is 4.39 Å². The zero-order chi connectivity index (χ0) is 13.3. The summed E-state index contributed by atoms with van der Waals surface area (Å²) >= 11 is 0. The molecule has 1 aromatic rings. The topological polar surface area (TPSA) is 83.6 Å². The van der Waals surface area contributed by atoms with Gasteiger partial charge < -0.3 is 15.7 Å². The van der Waals surface area contributed by atoms with Crippen LogP contribution < -0.4 is 5.73 Å². The Balaban J connectivity index is 2.28. The Morgan fingerprint density at radius 3 is 2.78 bits per heavy atom. The number of phenolic OH excluding ortho intramolecular Hbond substituents is 1. The van der Waals surface area contributed by atoms with Crippen molar-refractivity contribution < 1.29 is 19.1 Å². The monoisotopic (exact) mass is 252 g/mol. The maximum Gasteiger partial charge on any atom is 0.257 e. The van der Waals surface area contributed by atoms with Gasteiger partial charge in [0.25, 0.3) is 5.91 Å². The molecule has 1 aliphatic rings. The number of nitrogens with zero attached hydrogens (tertiary/aromatic N) is 1. The van der Waals surface area contributed by atoms with Crippen LogP contribution in [-0.2, 0) is 4.79 Å². The molecule has 0 aromatic heterocycles. The summed E-state index contributed by atoms with van der Waals surface area (Å²) in [4.78, 5) is 24.5. The third-order valence-corrected chi connectivity index (χ3v) is 3.03. The van der Waals surface area contributed by atoms with E-state index in [4.69, 9.17) is 10.8 Å². The van der Waals surface area contributed by atoms with Gasteiger partial charge in [0.15, 0.2) is 0 Å². The van der Waals surface area contributed by atoms with E-state index in [-0.39, 0.29) is 11.3 Å². The average Bonchev–Trinajstić information content (AvgIpc) is 2.77. The van der Waals surface area contributed by atoms with E-state index in [0.717, 1.165) is 6.07 Å². The minimum atomic E-state index is -0.810. The van der Waals surface area contributed by atoms with E-state index in [1.165, 1.54) is 17.0 Å². The lowest BCUT2D eigenvalue weighted by molar-refractivity contribution is -0.121. The number of rotatable bonds is 2. The van der Waals surface area contributed by atoms with Crippen molar-refractivity contribution in [1.29, 1.82) is 0 Å². The lowest BCUT2D eigenvalue weighted by Crippen LogP contribution is -2.43. The Bertz CT molecular complexity index is 504. The molecule has 96 valence electrons. The molecule has 0 bridgehead atoms. The fraction of sp³-hybridized carbons (Fsp3) is 0.333. The number of phenols is 1. The molecule has 1 saturated heterocycles. The van der Waals surface area contributed by atoms with Crippen molar-refractivity contribution in [1.82, 2.24) is 4.90 Å². The minimum absolute atomic E-state index is 0.166. The zero-order valence-corrected chi connectivity index (χ0v) is 9.60. The number of hydrogen-bond acceptors (Lipinski definition) is 3. The van der Waals surface area contributed by atoms with E-state index >= 15 is 0 Å². The van der Waals surface area contributed by atoms with Crippen LogP contribution in [0.1, 0.15) is 23.2 Å². The molecule has 6 heteroatoms. The first-order valence-corrected chi connectivity index (χ1v) is 5.59. The molecule has 0 radical (unpaired) electrons. The highest BCUT2D eigenvalue weighted by molar-refractivity contribution is 5.98.